The van der Waals surface area contributed by atoms with E-state index in [-0.39, 0.29) is 0 Å². The quantitative estimate of drug-likeness (QED) is 0.669. The van der Waals surface area contributed by atoms with Gasteiger partial charge in [-0.1, -0.05) is 48.6 Å². The second-order valence-corrected chi connectivity index (χ2v) is 5.27. The molecule has 0 heterocycles. The second kappa shape index (κ2) is 5.99. The molecule has 18 heavy (non-hydrogen) atoms. The lowest BCUT2D eigenvalue weighted by Crippen LogP contribution is -1.83. The molecule has 0 amide bonds. The average Bonchev–Trinajstić information content (AvgIpc) is 2.42. The number of nitrogens with zero attached hydrogens (tertiary/aromatic N) is 1. The van der Waals surface area contributed by atoms with Crippen LogP contribution in [0.4, 0.5) is 0 Å². The van der Waals surface area contributed by atoms with Crippen LogP contribution < -0.4 is 0 Å². The first kappa shape index (κ1) is 13.1. The number of nitriles is 1. The van der Waals surface area contributed by atoms with Crippen LogP contribution in [0.5, 0.6) is 0 Å². The van der Waals surface area contributed by atoms with Crippen LogP contribution in [0.15, 0.2) is 51.4 Å². The topological polar surface area (TPSA) is 23.8 Å². The van der Waals surface area contributed by atoms with E-state index in [9.17, 15) is 0 Å². The van der Waals surface area contributed by atoms with Gasteiger partial charge in [-0.3, -0.25) is 0 Å². The van der Waals surface area contributed by atoms with Crippen molar-refractivity contribution in [1.29, 1.82) is 5.26 Å². The zero-order valence-corrected chi connectivity index (χ0v) is 12.6. The summed E-state index contributed by atoms with van der Waals surface area (Å²) in [6, 6.07) is 16.0. The Bertz CT molecular complexity index is 625. The second-order valence-electron chi connectivity index (χ2n) is 3.69. The molecule has 0 bridgehead atoms. The molecule has 2 aromatic rings. The summed E-state index contributed by atoms with van der Waals surface area (Å²) in [5, 5.41) is 8.92. The Morgan fingerprint density at radius 2 is 1.61 bits per heavy atom. The van der Waals surface area contributed by atoms with E-state index in [0.29, 0.717) is 5.56 Å². The van der Waals surface area contributed by atoms with Crippen molar-refractivity contribution < 1.29 is 0 Å². The van der Waals surface area contributed by atoms with Crippen molar-refractivity contribution in [3.8, 4) is 6.07 Å². The Balaban J connectivity index is 2.34. The molecule has 0 aromatic heterocycles. The third kappa shape index (κ3) is 2.90. The number of halogens is 2. The Kier molecular flexibility index (Phi) is 4.35. The molecule has 0 aliphatic rings. The van der Waals surface area contributed by atoms with Crippen molar-refractivity contribution in [3.05, 3.63) is 68.1 Å². The Labute approximate surface area is 123 Å². The van der Waals surface area contributed by atoms with Crippen LogP contribution in [0, 0.1) is 11.3 Å². The summed E-state index contributed by atoms with van der Waals surface area (Å²) in [7, 11) is 0. The van der Waals surface area contributed by atoms with Gasteiger partial charge in [0.05, 0.1) is 10.0 Å². The molecule has 1 nitrogen and oxygen atoms in total. The molecule has 0 N–H and O–H groups in total. The zero-order chi connectivity index (χ0) is 13.0. The highest BCUT2D eigenvalue weighted by atomic mass is 79.9. The van der Waals surface area contributed by atoms with Gasteiger partial charge in [0, 0.05) is 4.47 Å². The van der Waals surface area contributed by atoms with E-state index in [1.54, 1.807) is 6.07 Å². The third-order valence-corrected chi connectivity index (χ3v) is 4.70. The molecule has 3 heteroatoms. The van der Waals surface area contributed by atoms with E-state index in [0.717, 1.165) is 20.1 Å². The van der Waals surface area contributed by atoms with Crippen molar-refractivity contribution in [2.24, 2.45) is 0 Å². The largest absolute Gasteiger partial charge is 0.192 e. The fourth-order valence-electron chi connectivity index (χ4n) is 1.53. The van der Waals surface area contributed by atoms with Gasteiger partial charge in [-0.2, -0.15) is 5.26 Å². The molecule has 88 valence electrons. The lowest BCUT2D eigenvalue weighted by atomic mass is 10.1. The minimum atomic E-state index is 0.624. The van der Waals surface area contributed by atoms with Gasteiger partial charge >= 0.3 is 0 Å². The van der Waals surface area contributed by atoms with E-state index < -0.39 is 0 Å². The lowest BCUT2D eigenvalue weighted by Gasteiger charge is -2.03. The Morgan fingerprint density at radius 3 is 2.28 bits per heavy atom. The molecule has 0 radical (unpaired) electrons. The van der Waals surface area contributed by atoms with Crippen molar-refractivity contribution in [2.75, 3.05) is 0 Å². The smallest absolute Gasteiger partial charge is 0.100 e. The number of benzene rings is 2. The van der Waals surface area contributed by atoms with E-state index in [1.807, 2.05) is 48.6 Å². The Hall–Kier alpha value is -1.37. The van der Waals surface area contributed by atoms with Crippen molar-refractivity contribution >= 4 is 44.0 Å². The molecule has 2 rings (SSSR count). The van der Waals surface area contributed by atoms with Crippen LogP contribution in [0.25, 0.3) is 12.2 Å². The van der Waals surface area contributed by atoms with E-state index in [1.165, 1.54) is 0 Å². The van der Waals surface area contributed by atoms with Crippen molar-refractivity contribution in [3.63, 3.8) is 0 Å². The molecule has 0 spiro atoms. The highest BCUT2D eigenvalue weighted by molar-refractivity contribution is 9.13. The summed E-state index contributed by atoms with van der Waals surface area (Å²) in [5.41, 5.74) is 2.80. The summed E-state index contributed by atoms with van der Waals surface area (Å²) in [5.74, 6) is 0. The molecule has 0 aliphatic heterocycles. The summed E-state index contributed by atoms with van der Waals surface area (Å²) < 4.78 is 1.69. The van der Waals surface area contributed by atoms with Gasteiger partial charge < -0.3 is 0 Å². The fraction of sp³-hybridized carbons (Fsp3) is 0. The van der Waals surface area contributed by atoms with Gasteiger partial charge in [0.2, 0.25) is 0 Å². The van der Waals surface area contributed by atoms with Crippen molar-refractivity contribution in [1.82, 2.24) is 0 Å². The minimum Gasteiger partial charge on any atom is -0.192 e. The van der Waals surface area contributed by atoms with Crippen LogP contribution in [0.3, 0.4) is 0 Å². The number of hydrogen-bond donors (Lipinski definition) is 0. The summed E-state index contributed by atoms with van der Waals surface area (Å²) in [4.78, 5) is 0. The van der Waals surface area contributed by atoms with Gasteiger partial charge in [-0.25, -0.2) is 0 Å². The van der Waals surface area contributed by atoms with E-state index >= 15 is 0 Å². The number of rotatable bonds is 2. The molecule has 2 aromatic carbocycles. The molecular formula is C15H9Br2N. The van der Waals surface area contributed by atoms with Crippen LogP contribution in [0.2, 0.25) is 0 Å². The minimum absolute atomic E-state index is 0.624. The first-order valence-corrected chi connectivity index (χ1v) is 6.92. The van der Waals surface area contributed by atoms with E-state index in [4.69, 9.17) is 5.26 Å². The average molecular weight is 363 g/mol. The van der Waals surface area contributed by atoms with Gasteiger partial charge in [-0.05, 0) is 49.1 Å². The predicted molar refractivity (Wildman–Crippen MR) is 81.9 cm³/mol. The van der Waals surface area contributed by atoms with Crippen molar-refractivity contribution in [2.45, 2.75) is 0 Å². The molecule has 0 saturated carbocycles. The monoisotopic (exact) mass is 361 g/mol. The molecule has 0 atom stereocenters. The fourth-order valence-corrected chi connectivity index (χ4v) is 2.46. The first-order valence-electron chi connectivity index (χ1n) is 5.33. The molecule has 0 aliphatic carbocycles. The first-order chi connectivity index (χ1) is 8.72. The van der Waals surface area contributed by atoms with Crippen LogP contribution >= 0.6 is 31.9 Å². The highest BCUT2D eigenvalue weighted by Gasteiger charge is 2.06. The molecule has 0 fully saturated rings. The molecule has 0 saturated heterocycles. The van der Waals surface area contributed by atoms with Gasteiger partial charge in [0.15, 0.2) is 0 Å². The van der Waals surface area contributed by atoms with Crippen LogP contribution in [0.1, 0.15) is 16.7 Å². The maximum Gasteiger partial charge on any atom is 0.100 e. The number of hydrogen-bond acceptors (Lipinski definition) is 1. The van der Waals surface area contributed by atoms with Gasteiger partial charge in [0.1, 0.15) is 6.07 Å². The highest BCUT2D eigenvalue weighted by Crippen LogP contribution is 2.31. The van der Waals surface area contributed by atoms with Gasteiger partial charge in [-0.15, -0.1) is 0 Å². The normalized spacial score (nSPS) is 10.5. The maximum absolute atomic E-state index is 8.92. The van der Waals surface area contributed by atoms with Crippen LogP contribution in [-0.4, -0.2) is 0 Å². The van der Waals surface area contributed by atoms with Crippen LogP contribution in [-0.2, 0) is 0 Å². The predicted octanol–water partition coefficient (Wildman–Crippen LogP) is 5.25. The summed E-state index contributed by atoms with van der Waals surface area (Å²) in [6.45, 7) is 0. The molecule has 0 unspecified atom stereocenters. The molecular weight excluding hydrogens is 354 g/mol. The third-order valence-electron chi connectivity index (χ3n) is 2.49. The lowest BCUT2D eigenvalue weighted by molar-refractivity contribution is 1.44. The summed E-state index contributed by atoms with van der Waals surface area (Å²) in [6.07, 6.45) is 4.06. The summed E-state index contributed by atoms with van der Waals surface area (Å²) >= 11 is 6.91. The SMILES string of the molecule is N#Cc1ccc(/C=C/c2ccccc2)c(Br)c1Br. The Morgan fingerprint density at radius 1 is 0.889 bits per heavy atom. The van der Waals surface area contributed by atoms with Gasteiger partial charge in [0.25, 0.3) is 0 Å². The maximum atomic E-state index is 8.92. The zero-order valence-electron chi connectivity index (χ0n) is 9.40. The standard InChI is InChI=1S/C15H9Br2N/c16-14-12(8-9-13(10-18)15(14)17)7-6-11-4-2-1-3-5-11/h1-9H/b7-6+. The van der Waals surface area contributed by atoms with E-state index in [2.05, 4.69) is 37.9 Å².